The van der Waals surface area contributed by atoms with Crippen LogP contribution in [0.3, 0.4) is 0 Å². The SMILES string of the molecule is CCc1ccc(-c2cc(C)no2)cc1S(=O)(=O)Nc1ccc(F)cc1F. The van der Waals surface area contributed by atoms with Crippen LogP contribution in [-0.4, -0.2) is 13.6 Å². The molecule has 26 heavy (non-hydrogen) atoms. The van der Waals surface area contributed by atoms with Crippen molar-refractivity contribution in [2.75, 3.05) is 4.72 Å². The first kappa shape index (κ1) is 18.1. The fourth-order valence-corrected chi connectivity index (χ4v) is 3.93. The van der Waals surface area contributed by atoms with Crippen LogP contribution in [0, 0.1) is 18.6 Å². The lowest BCUT2D eigenvalue weighted by molar-refractivity contribution is 0.427. The summed E-state index contributed by atoms with van der Waals surface area (Å²) in [5.41, 5.74) is 1.42. The second-order valence-electron chi connectivity index (χ2n) is 5.74. The molecule has 0 aliphatic carbocycles. The molecule has 2 aromatic carbocycles. The molecule has 0 atom stereocenters. The van der Waals surface area contributed by atoms with E-state index in [0.717, 1.165) is 12.1 Å². The lowest BCUT2D eigenvalue weighted by Gasteiger charge is -2.13. The second-order valence-corrected chi connectivity index (χ2v) is 7.39. The molecule has 0 unspecified atom stereocenters. The van der Waals surface area contributed by atoms with Crippen molar-refractivity contribution < 1.29 is 21.7 Å². The van der Waals surface area contributed by atoms with Crippen LogP contribution in [-0.2, 0) is 16.4 Å². The lowest BCUT2D eigenvalue weighted by Crippen LogP contribution is -2.16. The molecule has 1 aromatic heterocycles. The highest BCUT2D eigenvalue weighted by molar-refractivity contribution is 7.92. The molecular formula is C18H16F2N2O3S. The third kappa shape index (κ3) is 3.60. The highest BCUT2D eigenvalue weighted by Gasteiger charge is 2.21. The van der Waals surface area contributed by atoms with E-state index >= 15 is 0 Å². The van der Waals surface area contributed by atoms with Gasteiger partial charge in [0.2, 0.25) is 0 Å². The number of aromatic nitrogens is 1. The number of nitrogens with one attached hydrogen (secondary N) is 1. The molecule has 0 amide bonds. The van der Waals surface area contributed by atoms with Gasteiger partial charge >= 0.3 is 0 Å². The molecule has 3 aromatic rings. The largest absolute Gasteiger partial charge is 0.356 e. The van der Waals surface area contributed by atoms with Crippen molar-refractivity contribution in [2.24, 2.45) is 0 Å². The molecular weight excluding hydrogens is 362 g/mol. The van der Waals surface area contributed by atoms with Crippen molar-refractivity contribution in [3.63, 3.8) is 0 Å². The highest BCUT2D eigenvalue weighted by atomic mass is 32.2. The van der Waals surface area contributed by atoms with E-state index in [9.17, 15) is 17.2 Å². The zero-order chi connectivity index (χ0) is 18.9. The van der Waals surface area contributed by atoms with Crippen LogP contribution in [0.15, 0.2) is 51.9 Å². The fraction of sp³-hybridized carbons (Fsp3) is 0.167. The van der Waals surface area contributed by atoms with Crippen molar-refractivity contribution in [3.8, 4) is 11.3 Å². The Morgan fingerprint density at radius 3 is 2.50 bits per heavy atom. The van der Waals surface area contributed by atoms with Crippen LogP contribution in [0.2, 0.25) is 0 Å². The van der Waals surface area contributed by atoms with Gasteiger partial charge in [-0.15, -0.1) is 0 Å². The van der Waals surface area contributed by atoms with Crippen molar-refractivity contribution in [2.45, 2.75) is 25.2 Å². The van der Waals surface area contributed by atoms with Gasteiger partial charge in [0, 0.05) is 17.7 Å². The molecule has 0 fully saturated rings. The van der Waals surface area contributed by atoms with E-state index in [-0.39, 0.29) is 10.6 Å². The summed E-state index contributed by atoms with van der Waals surface area (Å²) in [7, 11) is -4.09. The minimum atomic E-state index is -4.09. The van der Waals surface area contributed by atoms with Gasteiger partial charge in [-0.2, -0.15) is 0 Å². The Morgan fingerprint density at radius 1 is 1.12 bits per heavy atom. The van der Waals surface area contributed by atoms with Crippen LogP contribution in [0.1, 0.15) is 18.2 Å². The first-order valence-electron chi connectivity index (χ1n) is 7.84. The van der Waals surface area contributed by atoms with Crippen LogP contribution in [0.5, 0.6) is 0 Å². The van der Waals surface area contributed by atoms with Gasteiger partial charge in [0.15, 0.2) is 5.76 Å². The van der Waals surface area contributed by atoms with Crippen molar-refractivity contribution in [3.05, 3.63) is 65.4 Å². The molecule has 0 radical (unpaired) electrons. The van der Waals surface area contributed by atoms with Crippen LogP contribution in [0.25, 0.3) is 11.3 Å². The van der Waals surface area contributed by atoms with Crippen molar-refractivity contribution in [1.82, 2.24) is 5.16 Å². The molecule has 0 bridgehead atoms. The number of nitrogens with zero attached hydrogens (tertiary/aromatic N) is 1. The van der Waals surface area contributed by atoms with Gasteiger partial charge in [0.1, 0.15) is 11.6 Å². The summed E-state index contributed by atoms with van der Waals surface area (Å²) in [5, 5.41) is 3.79. The van der Waals surface area contributed by atoms with E-state index < -0.39 is 21.7 Å². The average Bonchev–Trinajstić information content (AvgIpc) is 3.03. The Balaban J connectivity index is 2.05. The molecule has 8 heteroatoms. The number of anilines is 1. The van der Waals surface area contributed by atoms with Crippen LogP contribution in [0.4, 0.5) is 14.5 Å². The number of rotatable bonds is 5. The van der Waals surface area contributed by atoms with Crippen LogP contribution >= 0.6 is 0 Å². The number of benzene rings is 2. The normalized spacial score (nSPS) is 11.5. The monoisotopic (exact) mass is 378 g/mol. The maximum Gasteiger partial charge on any atom is 0.262 e. The average molecular weight is 378 g/mol. The maximum absolute atomic E-state index is 13.8. The van der Waals surface area contributed by atoms with Gasteiger partial charge in [0.25, 0.3) is 10.0 Å². The third-order valence-corrected chi connectivity index (χ3v) is 5.27. The molecule has 1 heterocycles. The molecule has 0 saturated carbocycles. The Kier molecular flexibility index (Phi) is 4.78. The predicted molar refractivity (Wildman–Crippen MR) is 93.2 cm³/mol. The van der Waals surface area contributed by atoms with E-state index in [1.54, 1.807) is 25.1 Å². The number of hydrogen-bond acceptors (Lipinski definition) is 4. The molecule has 0 aliphatic heterocycles. The summed E-state index contributed by atoms with van der Waals surface area (Å²) >= 11 is 0. The maximum atomic E-state index is 13.8. The number of sulfonamides is 1. The van der Waals surface area contributed by atoms with Crippen molar-refractivity contribution >= 4 is 15.7 Å². The van der Waals surface area contributed by atoms with Gasteiger partial charge in [-0.1, -0.05) is 24.2 Å². The highest BCUT2D eigenvalue weighted by Crippen LogP contribution is 2.28. The standard InChI is InChI=1S/C18H16F2N2O3S/c1-3-12-4-5-13(17-8-11(2)21-25-17)9-18(12)26(23,24)22-16-7-6-14(19)10-15(16)20/h4-10,22H,3H2,1-2H3. The van der Waals surface area contributed by atoms with E-state index in [1.165, 1.54) is 6.07 Å². The minimum Gasteiger partial charge on any atom is -0.356 e. The molecule has 0 spiro atoms. The first-order chi connectivity index (χ1) is 12.3. The molecule has 0 saturated heterocycles. The van der Waals surface area contributed by atoms with E-state index in [0.29, 0.717) is 35.1 Å². The van der Waals surface area contributed by atoms with Gasteiger partial charge < -0.3 is 4.52 Å². The van der Waals surface area contributed by atoms with E-state index in [4.69, 9.17) is 4.52 Å². The number of aryl methyl sites for hydroxylation is 2. The molecule has 3 rings (SSSR count). The minimum absolute atomic E-state index is 0.00437. The summed E-state index contributed by atoms with van der Waals surface area (Å²) in [6.45, 7) is 3.56. The van der Waals surface area contributed by atoms with Gasteiger partial charge in [-0.25, -0.2) is 17.2 Å². The van der Waals surface area contributed by atoms with Crippen molar-refractivity contribution in [1.29, 1.82) is 0 Å². The lowest BCUT2D eigenvalue weighted by atomic mass is 10.1. The summed E-state index contributed by atoms with van der Waals surface area (Å²) in [5.74, 6) is -1.36. The Bertz CT molecular complexity index is 1060. The number of hydrogen-bond donors (Lipinski definition) is 1. The Hall–Kier alpha value is -2.74. The van der Waals surface area contributed by atoms with Crippen LogP contribution < -0.4 is 4.72 Å². The third-order valence-electron chi connectivity index (χ3n) is 3.83. The fourth-order valence-electron chi connectivity index (χ4n) is 2.52. The summed E-state index contributed by atoms with van der Waals surface area (Å²) in [4.78, 5) is -0.00437. The topological polar surface area (TPSA) is 72.2 Å². The zero-order valence-corrected chi connectivity index (χ0v) is 14.9. The molecule has 5 nitrogen and oxygen atoms in total. The Labute approximate surface area is 149 Å². The molecule has 1 N–H and O–H groups in total. The van der Waals surface area contributed by atoms with Gasteiger partial charge in [0.05, 0.1) is 16.3 Å². The first-order valence-corrected chi connectivity index (χ1v) is 9.33. The summed E-state index contributed by atoms with van der Waals surface area (Å²) < 4.78 is 59.8. The smallest absolute Gasteiger partial charge is 0.262 e. The van der Waals surface area contributed by atoms with Gasteiger partial charge in [-0.3, -0.25) is 4.72 Å². The second kappa shape index (κ2) is 6.87. The predicted octanol–water partition coefficient (Wildman–Crippen LogP) is 4.29. The van der Waals surface area contributed by atoms with Gasteiger partial charge in [-0.05, 0) is 37.1 Å². The zero-order valence-electron chi connectivity index (χ0n) is 14.1. The summed E-state index contributed by atoms with van der Waals surface area (Å²) in [6, 6.07) is 9.17. The quantitative estimate of drug-likeness (QED) is 0.719. The Morgan fingerprint density at radius 2 is 1.88 bits per heavy atom. The summed E-state index contributed by atoms with van der Waals surface area (Å²) in [6.07, 6.45) is 0.456. The van der Waals surface area contributed by atoms with E-state index in [2.05, 4.69) is 9.88 Å². The number of halogens is 2. The van der Waals surface area contributed by atoms with E-state index in [1.807, 2.05) is 6.92 Å². The molecule has 136 valence electrons. The molecule has 0 aliphatic rings.